The zero-order valence-electron chi connectivity index (χ0n) is 17.5. The topological polar surface area (TPSA) is 88.1 Å². The van der Waals surface area contributed by atoms with Crippen molar-refractivity contribution in [1.82, 2.24) is 19.9 Å². The third-order valence-corrected chi connectivity index (χ3v) is 6.61. The molecule has 0 bridgehead atoms. The van der Waals surface area contributed by atoms with Gasteiger partial charge < -0.3 is 5.32 Å². The molecule has 2 aromatic heterocycles. The van der Waals surface area contributed by atoms with Crippen molar-refractivity contribution in [3.8, 4) is 0 Å². The largest absolute Gasteiger partial charge is 0.350 e. The fraction of sp³-hybridized carbons (Fsp3) is 0.292. The number of aromatic nitrogens is 3. The number of thioether (sulfide) groups is 1. The van der Waals surface area contributed by atoms with Crippen molar-refractivity contribution in [2.75, 3.05) is 18.4 Å². The van der Waals surface area contributed by atoms with E-state index in [-0.39, 0.29) is 23.4 Å². The normalized spacial score (nSPS) is 20.9. The standard InChI is InChI=1S/C24H23N5O2S/c30-21-12-23(31)32-22(21)11-18-7-8-25-24(27-18)28-19-6-3-9-29(14-19)15-20-10-16-4-1-2-5-17(16)13-26-20/h1-2,4-5,7-8,10-11,13,19H,3,6,9,12,14-15H2,(H,25,27,28)/b22-11-/t19-/m0/s1. The van der Waals surface area contributed by atoms with Crippen LogP contribution in [0.25, 0.3) is 16.8 Å². The number of anilines is 1. The molecule has 2 aliphatic rings. The highest BCUT2D eigenvalue weighted by atomic mass is 32.2. The van der Waals surface area contributed by atoms with Gasteiger partial charge in [0.15, 0.2) is 5.78 Å². The summed E-state index contributed by atoms with van der Waals surface area (Å²) < 4.78 is 0. The number of fused-ring (bicyclic) bond motifs is 1. The van der Waals surface area contributed by atoms with Gasteiger partial charge in [0.1, 0.15) is 0 Å². The first-order valence-corrected chi connectivity index (χ1v) is 11.6. The van der Waals surface area contributed by atoms with E-state index in [1.807, 2.05) is 12.3 Å². The van der Waals surface area contributed by atoms with E-state index in [9.17, 15) is 9.59 Å². The van der Waals surface area contributed by atoms with E-state index in [0.717, 1.165) is 55.3 Å². The Morgan fingerprint density at radius 3 is 2.88 bits per heavy atom. The fourth-order valence-corrected chi connectivity index (χ4v) is 4.96. The van der Waals surface area contributed by atoms with Gasteiger partial charge >= 0.3 is 0 Å². The lowest BCUT2D eigenvalue weighted by molar-refractivity contribution is -0.119. The Bertz CT molecular complexity index is 1210. The van der Waals surface area contributed by atoms with Crippen molar-refractivity contribution in [3.63, 3.8) is 0 Å². The van der Waals surface area contributed by atoms with Crippen molar-refractivity contribution in [2.24, 2.45) is 0 Å². The van der Waals surface area contributed by atoms with E-state index in [2.05, 4.69) is 49.4 Å². The minimum atomic E-state index is -0.140. The molecule has 0 aliphatic carbocycles. The second-order valence-electron chi connectivity index (χ2n) is 8.13. The number of likely N-dealkylation sites (tertiary alicyclic amines) is 1. The lowest BCUT2D eigenvalue weighted by atomic mass is 10.1. The fourth-order valence-electron chi connectivity index (χ4n) is 4.14. The van der Waals surface area contributed by atoms with Crippen molar-refractivity contribution in [3.05, 3.63) is 65.1 Å². The molecular weight excluding hydrogens is 422 g/mol. The Kier molecular flexibility index (Phi) is 5.96. The van der Waals surface area contributed by atoms with E-state index >= 15 is 0 Å². The smallest absolute Gasteiger partial charge is 0.223 e. The zero-order chi connectivity index (χ0) is 21.9. The summed E-state index contributed by atoms with van der Waals surface area (Å²) in [5.74, 6) is 0.398. The summed E-state index contributed by atoms with van der Waals surface area (Å²) in [7, 11) is 0. The highest BCUT2D eigenvalue weighted by Gasteiger charge is 2.26. The molecule has 162 valence electrons. The summed E-state index contributed by atoms with van der Waals surface area (Å²) in [6, 6.07) is 12.4. The maximum atomic E-state index is 11.9. The maximum Gasteiger partial charge on any atom is 0.223 e. The zero-order valence-corrected chi connectivity index (χ0v) is 18.3. The second kappa shape index (κ2) is 9.18. The van der Waals surface area contributed by atoms with Gasteiger partial charge in [0, 0.05) is 36.9 Å². The SMILES string of the molecule is O=C1CC(=O)/C(=C/c2ccnc(N[C@H]3CCCN(Cc4cc5ccccc5cn4)C3)n2)S1. The van der Waals surface area contributed by atoms with Crippen LogP contribution in [0.2, 0.25) is 0 Å². The number of hydrogen-bond acceptors (Lipinski definition) is 8. The first-order valence-electron chi connectivity index (χ1n) is 10.7. The van der Waals surface area contributed by atoms with Crippen LogP contribution in [-0.2, 0) is 16.1 Å². The molecule has 0 spiro atoms. The number of nitrogens with zero attached hydrogens (tertiary/aromatic N) is 4. The number of benzene rings is 1. The number of Topliss-reactive ketones (excluding diaryl/α,β-unsaturated/α-hetero) is 1. The average Bonchev–Trinajstić information content (AvgIpc) is 3.10. The first-order chi connectivity index (χ1) is 15.6. The van der Waals surface area contributed by atoms with Crippen LogP contribution in [0, 0.1) is 0 Å². The Morgan fingerprint density at radius 1 is 1.16 bits per heavy atom. The minimum absolute atomic E-state index is 0.0311. The number of carbonyl (C=O) groups is 2. The average molecular weight is 446 g/mol. The number of rotatable bonds is 5. The quantitative estimate of drug-likeness (QED) is 0.470. The molecule has 32 heavy (non-hydrogen) atoms. The van der Waals surface area contributed by atoms with Crippen LogP contribution < -0.4 is 5.32 Å². The van der Waals surface area contributed by atoms with Gasteiger partial charge in [-0.1, -0.05) is 24.3 Å². The number of carbonyl (C=O) groups excluding carboxylic acids is 2. The highest BCUT2D eigenvalue weighted by molar-refractivity contribution is 8.18. The van der Waals surface area contributed by atoms with Crippen molar-refractivity contribution < 1.29 is 9.59 Å². The molecular formula is C24H23N5O2S. The van der Waals surface area contributed by atoms with E-state index < -0.39 is 0 Å². The second-order valence-corrected chi connectivity index (χ2v) is 9.23. The molecule has 2 fully saturated rings. The van der Waals surface area contributed by atoms with Crippen LogP contribution in [0.3, 0.4) is 0 Å². The maximum absolute atomic E-state index is 11.9. The number of hydrogen-bond donors (Lipinski definition) is 1. The van der Waals surface area contributed by atoms with Crippen LogP contribution in [0.15, 0.2) is 53.7 Å². The summed E-state index contributed by atoms with van der Waals surface area (Å²) in [5.41, 5.74) is 1.70. The van der Waals surface area contributed by atoms with Gasteiger partial charge in [-0.3, -0.25) is 19.5 Å². The van der Waals surface area contributed by atoms with Crippen LogP contribution in [0.5, 0.6) is 0 Å². The molecule has 2 saturated heterocycles. The Hall–Kier alpha value is -3.10. The van der Waals surface area contributed by atoms with Crippen molar-refractivity contribution in [2.45, 2.75) is 31.8 Å². The highest BCUT2D eigenvalue weighted by Crippen LogP contribution is 2.30. The van der Waals surface area contributed by atoms with Gasteiger partial charge in [0.25, 0.3) is 0 Å². The van der Waals surface area contributed by atoms with Gasteiger partial charge in [-0.2, -0.15) is 0 Å². The molecule has 2 aliphatic heterocycles. The molecule has 0 radical (unpaired) electrons. The molecule has 0 saturated carbocycles. The Balaban J connectivity index is 1.23. The summed E-state index contributed by atoms with van der Waals surface area (Å²) in [4.78, 5) is 39.7. The van der Waals surface area contributed by atoms with Crippen LogP contribution in [0.4, 0.5) is 5.95 Å². The number of piperidine rings is 1. The number of nitrogens with one attached hydrogen (secondary N) is 1. The third-order valence-electron chi connectivity index (χ3n) is 5.67. The molecule has 5 rings (SSSR count). The minimum Gasteiger partial charge on any atom is -0.350 e. The molecule has 1 N–H and O–H groups in total. The molecule has 7 nitrogen and oxygen atoms in total. The molecule has 1 aromatic carbocycles. The van der Waals surface area contributed by atoms with Gasteiger partial charge in [-0.25, -0.2) is 9.97 Å². The summed E-state index contributed by atoms with van der Waals surface area (Å²) in [6.07, 6.45) is 7.38. The monoisotopic (exact) mass is 445 g/mol. The van der Waals surface area contributed by atoms with Gasteiger partial charge in [0.2, 0.25) is 11.1 Å². The first kappa shape index (κ1) is 20.8. The van der Waals surface area contributed by atoms with E-state index in [1.165, 1.54) is 5.39 Å². The van der Waals surface area contributed by atoms with Crippen LogP contribution in [-0.4, -0.2) is 49.9 Å². The van der Waals surface area contributed by atoms with E-state index in [0.29, 0.717) is 16.5 Å². The van der Waals surface area contributed by atoms with E-state index in [4.69, 9.17) is 0 Å². The molecule has 0 unspecified atom stereocenters. The van der Waals surface area contributed by atoms with Crippen molar-refractivity contribution >= 4 is 45.5 Å². The Morgan fingerprint density at radius 2 is 2.03 bits per heavy atom. The number of pyridine rings is 1. The third kappa shape index (κ3) is 4.87. The Labute approximate surface area is 190 Å². The van der Waals surface area contributed by atoms with Gasteiger partial charge in [-0.15, -0.1) is 0 Å². The van der Waals surface area contributed by atoms with Gasteiger partial charge in [0.05, 0.1) is 22.7 Å². The van der Waals surface area contributed by atoms with Crippen LogP contribution in [0.1, 0.15) is 30.7 Å². The predicted octanol–water partition coefficient (Wildman–Crippen LogP) is 3.67. The molecule has 0 amide bonds. The summed E-state index contributed by atoms with van der Waals surface area (Å²) in [5, 5.41) is 5.69. The molecule has 3 aromatic rings. The number of allylic oxidation sites excluding steroid dienone is 1. The molecule has 8 heteroatoms. The van der Waals surface area contributed by atoms with Gasteiger partial charge in [-0.05, 0) is 54.7 Å². The lowest BCUT2D eigenvalue weighted by Crippen LogP contribution is -2.42. The summed E-state index contributed by atoms with van der Waals surface area (Å²) >= 11 is 0.991. The molecule has 4 heterocycles. The molecule has 1 atom stereocenters. The number of ketones is 1. The van der Waals surface area contributed by atoms with Crippen molar-refractivity contribution in [1.29, 1.82) is 0 Å². The van der Waals surface area contributed by atoms with Crippen LogP contribution >= 0.6 is 11.8 Å². The summed E-state index contributed by atoms with van der Waals surface area (Å²) in [6.45, 7) is 2.72. The van der Waals surface area contributed by atoms with E-state index in [1.54, 1.807) is 18.3 Å². The predicted molar refractivity (Wildman–Crippen MR) is 126 cm³/mol. The lowest BCUT2D eigenvalue weighted by Gasteiger charge is -2.33.